The normalized spacial score (nSPS) is 14.5. The number of carbonyl (C=O) groups is 2. The van der Waals surface area contributed by atoms with Gasteiger partial charge in [0.15, 0.2) is 11.5 Å². The number of nitro benzene ring substituents is 2. The molecule has 16 nitrogen and oxygen atoms in total. The van der Waals surface area contributed by atoms with Gasteiger partial charge < -0.3 is 19.6 Å². The molecule has 0 aliphatic heterocycles. The van der Waals surface area contributed by atoms with Crippen molar-refractivity contribution in [1.29, 1.82) is 0 Å². The van der Waals surface area contributed by atoms with Crippen LogP contribution in [0.4, 0.5) is 37.7 Å². The summed E-state index contributed by atoms with van der Waals surface area (Å²) in [5.74, 6) is -3.32. The number of benzene rings is 2. The van der Waals surface area contributed by atoms with Gasteiger partial charge in [0, 0.05) is 48.4 Å². The highest BCUT2D eigenvalue weighted by atomic mass is 19.4. The van der Waals surface area contributed by atoms with Gasteiger partial charge in [-0.05, 0) is 73.1 Å². The predicted molar refractivity (Wildman–Crippen MR) is 214 cm³/mol. The number of rotatable bonds is 12. The van der Waals surface area contributed by atoms with Crippen molar-refractivity contribution in [3.63, 3.8) is 0 Å². The number of amides is 2. The molecule has 0 atom stereocenters. The molecule has 2 aliphatic carbocycles. The number of ether oxygens (including phenoxy) is 1. The van der Waals surface area contributed by atoms with Crippen molar-refractivity contribution >= 4 is 35.5 Å². The third kappa shape index (κ3) is 15.4. The first-order valence-corrected chi connectivity index (χ1v) is 20.5. The Balaban J connectivity index is 0.000000578. The van der Waals surface area contributed by atoms with Gasteiger partial charge in [0.1, 0.15) is 5.60 Å². The molecule has 2 aromatic rings. The van der Waals surface area contributed by atoms with Crippen molar-refractivity contribution in [3.05, 3.63) is 66.7 Å². The Morgan fingerprint density at radius 2 is 1.02 bits per heavy atom. The number of phenolic OH excluding ortho intramolecular Hbond substituents is 1. The number of nitro groups is 2. The van der Waals surface area contributed by atoms with E-state index in [1.165, 1.54) is 9.80 Å². The maximum Gasteiger partial charge on any atom is 0.417 e. The summed E-state index contributed by atoms with van der Waals surface area (Å²) in [5, 5.41) is 32.3. The average Bonchev–Trinajstić information content (AvgIpc) is 3.21. The molecule has 2 aliphatic rings. The predicted octanol–water partition coefficient (Wildman–Crippen LogP) is 10.1. The number of hydrogen-bond donors (Lipinski definition) is 1. The lowest BCUT2D eigenvalue weighted by Crippen LogP contribution is -2.46. The SMILES string of the molecule is CC(C)N(C(=O)c1cc([N+](=O)[O-])c(O)cc1C(F)(F)F)C1CCCCC1.CCC(C)(CC)Oc1cc(C(F)(F)F)c(C(=O)N(C(C)C)C2CCCCC2)cc1[N+](=O)[O-].O=C=O.O=C=O. The molecule has 0 heterocycles. The van der Waals surface area contributed by atoms with Gasteiger partial charge in [-0.25, -0.2) is 0 Å². The van der Waals surface area contributed by atoms with E-state index in [9.17, 15) is 61.3 Å². The van der Waals surface area contributed by atoms with Crippen LogP contribution >= 0.6 is 0 Å². The minimum absolute atomic E-state index is 0.184. The van der Waals surface area contributed by atoms with E-state index >= 15 is 0 Å². The molecule has 0 saturated heterocycles. The number of alkyl halides is 6. The second-order valence-corrected chi connectivity index (χ2v) is 15.9. The topological polar surface area (TPSA) is 225 Å². The molecule has 64 heavy (non-hydrogen) atoms. The van der Waals surface area contributed by atoms with Crippen molar-refractivity contribution in [2.75, 3.05) is 0 Å². The van der Waals surface area contributed by atoms with Crippen molar-refractivity contribution in [2.24, 2.45) is 0 Å². The van der Waals surface area contributed by atoms with Gasteiger partial charge >= 0.3 is 36.0 Å². The van der Waals surface area contributed by atoms with Crippen LogP contribution < -0.4 is 4.74 Å². The number of phenols is 1. The highest BCUT2D eigenvalue weighted by Crippen LogP contribution is 2.43. The second kappa shape index (κ2) is 24.8. The zero-order chi connectivity index (χ0) is 49.3. The molecular weight excluding hydrogens is 866 g/mol. The summed E-state index contributed by atoms with van der Waals surface area (Å²) >= 11 is 0. The van der Waals surface area contributed by atoms with Gasteiger partial charge in [0.25, 0.3) is 11.8 Å². The lowest BCUT2D eigenvalue weighted by molar-refractivity contribution is -0.386. The van der Waals surface area contributed by atoms with Gasteiger partial charge in [0.2, 0.25) is 0 Å². The maximum atomic E-state index is 14.0. The highest BCUT2D eigenvalue weighted by Gasteiger charge is 2.43. The Labute approximate surface area is 365 Å². The van der Waals surface area contributed by atoms with E-state index in [2.05, 4.69) is 0 Å². The van der Waals surface area contributed by atoms with Crippen LogP contribution in [0.1, 0.15) is 157 Å². The molecular formula is C42H54F6N4O12. The molecule has 0 radical (unpaired) electrons. The van der Waals surface area contributed by atoms with Gasteiger partial charge in [-0.1, -0.05) is 52.4 Å². The molecule has 0 spiro atoms. The molecule has 2 amide bonds. The largest absolute Gasteiger partial charge is 0.502 e. The number of aromatic hydroxyl groups is 1. The van der Waals surface area contributed by atoms with Crippen LogP contribution in [0.5, 0.6) is 11.5 Å². The first kappa shape index (κ1) is 56.1. The quantitative estimate of drug-likeness (QED) is 0.119. The van der Waals surface area contributed by atoms with E-state index in [1.807, 2.05) is 0 Å². The van der Waals surface area contributed by atoms with E-state index in [0.29, 0.717) is 50.7 Å². The minimum Gasteiger partial charge on any atom is -0.502 e. The molecule has 4 rings (SSSR count). The number of carbonyl (C=O) groups excluding carboxylic acids is 6. The van der Waals surface area contributed by atoms with Crippen LogP contribution in [-0.4, -0.2) is 78.6 Å². The number of hydrogen-bond acceptors (Lipinski definition) is 12. The number of halogens is 6. The smallest absolute Gasteiger partial charge is 0.417 e. The lowest BCUT2D eigenvalue weighted by atomic mass is 9.92. The maximum absolute atomic E-state index is 14.0. The van der Waals surface area contributed by atoms with Crippen molar-refractivity contribution in [3.8, 4) is 11.5 Å². The zero-order valence-corrected chi connectivity index (χ0v) is 36.6. The summed E-state index contributed by atoms with van der Waals surface area (Å²) in [6.45, 7) is 12.2. The summed E-state index contributed by atoms with van der Waals surface area (Å²) in [6.07, 6.45) is -0.0286. The fraction of sp³-hybridized carbons (Fsp3) is 0.619. The summed E-state index contributed by atoms with van der Waals surface area (Å²) in [7, 11) is 0. The Bertz CT molecular complexity index is 1970. The van der Waals surface area contributed by atoms with E-state index in [4.69, 9.17) is 23.9 Å². The summed E-state index contributed by atoms with van der Waals surface area (Å²) in [4.78, 5) is 82.6. The summed E-state index contributed by atoms with van der Waals surface area (Å²) < 4.78 is 87.9. The fourth-order valence-corrected chi connectivity index (χ4v) is 7.64. The number of nitrogens with zero attached hydrogens (tertiary/aromatic N) is 4. The van der Waals surface area contributed by atoms with Gasteiger partial charge in [-0.2, -0.15) is 45.5 Å². The van der Waals surface area contributed by atoms with Crippen molar-refractivity contribution in [2.45, 2.75) is 168 Å². The van der Waals surface area contributed by atoms with Crippen LogP contribution in [0.3, 0.4) is 0 Å². The molecule has 2 aromatic carbocycles. The minimum atomic E-state index is -4.92. The molecule has 0 bridgehead atoms. The van der Waals surface area contributed by atoms with Gasteiger partial charge in [-0.15, -0.1) is 0 Å². The van der Waals surface area contributed by atoms with Crippen molar-refractivity contribution in [1.82, 2.24) is 9.80 Å². The standard InChI is InChI=1S/C23H33F3N2O4.C17H21F3N2O4.2CO2/c1-6-22(5,7-2)32-20-14-18(23(24,25)26)17(13-19(20)28(30)31)21(29)27(15(3)4)16-11-9-8-10-12-16;1-10(2)21(11-6-4-3-5-7-11)16(24)12-8-14(22(25)26)15(23)9-13(12)17(18,19)20;2*2-1-3/h13-16H,6-12H2,1-5H3;8-11,23H,3-7H2,1-2H3;;. The van der Waals surface area contributed by atoms with E-state index in [1.54, 1.807) is 48.5 Å². The molecule has 2 saturated carbocycles. The second-order valence-electron chi connectivity index (χ2n) is 15.9. The Morgan fingerprint density at radius 3 is 1.31 bits per heavy atom. The summed E-state index contributed by atoms with van der Waals surface area (Å²) in [5.41, 5.74) is -6.51. The van der Waals surface area contributed by atoms with Crippen LogP contribution in [0.25, 0.3) is 0 Å². The molecule has 2 fully saturated rings. The van der Waals surface area contributed by atoms with E-state index < -0.39 is 84.7 Å². The molecule has 356 valence electrons. The molecule has 0 aromatic heterocycles. The third-order valence-corrected chi connectivity index (χ3v) is 11.0. The first-order valence-electron chi connectivity index (χ1n) is 20.5. The molecule has 1 N–H and O–H groups in total. The van der Waals surface area contributed by atoms with Gasteiger partial charge in [0.05, 0.1) is 32.1 Å². The highest BCUT2D eigenvalue weighted by molar-refractivity contribution is 5.98. The monoisotopic (exact) mass is 920 g/mol. The molecule has 0 unspecified atom stereocenters. The van der Waals surface area contributed by atoms with E-state index in [-0.39, 0.29) is 42.5 Å². The Hall–Kier alpha value is -5.88. The van der Waals surface area contributed by atoms with Crippen molar-refractivity contribution < 1.29 is 74.8 Å². The van der Waals surface area contributed by atoms with Crippen LogP contribution in [-0.2, 0) is 31.5 Å². The first-order chi connectivity index (χ1) is 29.7. The average molecular weight is 921 g/mol. The third-order valence-electron chi connectivity index (χ3n) is 11.0. The van der Waals surface area contributed by atoms with Gasteiger partial charge in [-0.3, -0.25) is 29.8 Å². The molecule has 22 heteroatoms. The zero-order valence-electron chi connectivity index (χ0n) is 36.6. The van der Waals surface area contributed by atoms with Crippen LogP contribution in [0.15, 0.2) is 24.3 Å². The van der Waals surface area contributed by atoms with E-state index in [0.717, 1.165) is 44.6 Å². The summed E-state index contributed by atoms with van der Waals surface area (Å²) in [6, 6.07) is 1.05. The fourth-order valence-electron chi connectivity index (χ4n) is 7.64. The van der Waals surface area contributed by atoms with Crippen LogP contribution in [0, 0.1) is 20.2 Å². The van der Waals surface area contributed by atoms with Crippen LogP contribution in [0.2, 0.25) is 0 Å². The lowest BCUT2D eigenvalue weighted by Gasteiger charge is -2.38. The Morgan fingerprint density at radius 1 is 0.688 bits per heavy atom. The Kier molecular flexibility index (Phi) is 21.8.